The first-order valence-electron chi connectivity index (χ1n) is 3.67. The maximum atomic E-state index is 12.1. The Morgan fingerprint density at radius 3 is 2.67 bits per heavy atom. The zero-order chi connectivity index (χ0) is 11.6. The summed E-state index contributed by atoms with van der Waals surface area (Å²) in [4.78, 5) is 11.0. The van der Waals surface area contributed by atoms with Crippen LogP contribution in [0.3, 0.4) is 0 Å². The minimum Gasteiger partial charge on any atom is -0.358 e. The molecule has 0 radical (unpaired) electrons. The van der Waals surface area contributed by atoms with Gasteiger partial charge in [0.25, 0.3) is 0 Å². The van der Waals surface area contributed by atoms with E-state index in [1.54, 1.807) is 0 Å². The molecule has 0 aliphatic heterocycles. The minimum atomic E-state index is -4.39. The molecule has 1 rings (SSSR count). The Hall–Kier alpha value is -1.12. The van der Waals surface area contributed by atoms with E-state index in [1.165, 1.54) is 0 Å². The molecule has 5 nitrogen and oxygen atoms in total. The van der Waals surface area contributed by atoms with E-state index in [1.807, 2.05) is 0 Å². The molecule has 0 saturated heterocycles. The van der Waals surface area contributed by atoms with Crippen LogP contribution in [0.25, 0.3) is 0 Å². The number of rotatable bonds is 3. The SMILES string of the molecule is O=[N+]([O-])c1cn(CC(Br)C(F)(F)F)cn1. The van der Waals surface area contributed by atoms with E-state index in [2.05, 4.69) is 20.9 Å². The number of hydrogen-bond acceptors (Lipinski definition) is 3. The Morgan fingerprint density at radius 1 is 1.67 bits per heavy atom. The monoisotopic (exact) mass is 287 g/mol. The Kier molecular flexibility index (Phi) is 3.32. The van der Waals surface area contributed by atoms with Gasteiger partial charge in [-0.05, 0) is 9.91 Å². The maximum Gasteiger partial charge on any atom is 0.402 e. The van der Waals surface area contributed by atoms with Crippen LogP contribution in [0.1, 0.15) is 0 Å². The van der Waals surface area contributed by atoms with Crippen LogP contribution in [0.5, 0.6) is 0 Å². The van der Waals surface area contributed by atoms with Gasteiger partial charge in [0.1, 0.15) is 11.0 Å². The lowest BCUT2D eigenvalue weighted by atomic mass is 10.4. The van der Waals surface area contributed by atoms with Gasteiger partial charge in [-0.2, -0.15) is 13.2 Å². The van der Waals surface area contributed by atoms with Gasteiger partial charge in [-0.25, -0.2) is 0 Å². The first-order chi connectivity index (χ1) is 6.80. The average molecular weight is 288 g/mol. The van der Waals surface area contributed by atoms with Crippen LogP contribution in [-0.4, -0.2) is 25.5 Å². The quantitative estimate of drug-likeness (QED) is 0.486. The predicted octanol–water partition coefficient (Wildman–Crippen LogP) is 2.12. The highest BCUT2D eigenvalue weighted by molar-refractivity contribution is 9.09. The first-order valence-corrected chi connectivity index (χ1v) is 4.59. The minimum absolute atomic E-state index is 0.454. The lowest BCUT2D eigenvalue weighted by Gasteiger charge is -2.13. The zero-order valence-corrected chi connectivity index (χ0v) is 8.70. The summed E-state index contributed by atoms with van der Waals surface area (Å²) in [5.74, 6) is -0.475. The molecule has 84 valence electrons. The van der Waals surface area contributed by atoms with Crippen LogP contribution in [0.4, 0.5) is 19.0 Å². The van der Waals surface area contributed by atoms with Gasteiger partial charge >= 0.3 is 12.0 Å². The predicted molar refractivity (Wildman–Crippen MR) is 47.7 cm³/mol. The number of imidazole rings is 1. The highest BCUT2D eigenvalue weighted by Gasteiger charge is 2.38. The number of hydrogen-bond donors (Lipinski definition) is 0. The van der Waals surface area contributed by atoms with Crippen molar-refractivity contribution in [2.75, 3.05) is 0 Å². The van der Waals surface area contributed by atoms with Crippen molar-refractivity contribution in [1.29, 1.82) is 0 Å². The normalized spacial score (nSPS) is 13.9. The molecule has 0 bridgehead atoms. The van der Waals surface area contributed by atoms with Gasteiger partial charge < -0.3 is 14.7 Å². The Balaban J connectivity index is 2.69. The maximum absolute atomic E-state index is 12.1. The van der Waals surface area contributed by atoms with Gasteiger partial charge in [0.15, 0.2) is 0 Å². The van der Waals surface area contributed by atoms with Crippen molar-refractivity contribution in [2.45, 2.75) is 17.5 Å². The van der Waals surface area contributed by atoms with E-state index in [9.17, 15) is 23.3 Å². The standard InChI is InChI=1S/C6H5BrF3N3O2/c7-4(6(8,9)10)1-12-2-5(11-3-12)13(14)15/h2-4H,1H2. The molecule has 0 aliphatic carbocycles. The molecule has 0 N–H and O–H groups in total. The average Bonchev–Trinajstić information content (AvgIpc) is 2.50. The van der Waals surface area contributed by atoms with E-state index < -0.39 is 28.3 Å². The van der Waals surface area contributed by atoms with Crippen LogP contribution < -0.4 is 0 Å². The summed E-state index contributed by atoms with van der Waals surface area (Å²) >= 11 is 2.44. The second-order valence-corrected chi connectivity index (χ2v) is 3.80. The summed E-state index contributed by atoms with van der Waals surface area (Å²) in [6, 6.07) is 0. The van der Waals surface area contributed by atoms with Gasteiger partial charge in [0.2, 0.25) is 6.33 Å². The fraction of sp³-hybridized carbons (Fsp3) is 0.500. The molecule has 1 atom stereocenters. The molecular weight excluding hydrogens is 283 g/mol. The number of nitro groups is 1. The van der Waals surface area contributed by atoms with Crippen LogP contribution in [0.15, 0.2) is 12.5 Å². The first kappa shape index (κ1) is 12.0. The Morgan fingerprint density at radius 2 is 2.27 bits per heavy atom. The molecule has 0 aliphatic rings. The van der Waals surface area contributed by atoms with Gasteiger partial charge in [-0.15, -0.1) is 0 Å². The van der Waals surface area contributed by atoms with E-state index in [4.69, 9.17) is 0 Å². The highest BCUT2D eigenvalue weighted by Crippen LogP contribution is 2.27. The second-order valence-electron chi connectivity index (χ2n) is 2.69. The lowest BCUT2D eigenvalue weighted by molar-refractivity contribution is -0.389. The van der Waals surface area contributed by atoms with E-state index in [0.29, 0.717) is 0 Å². The molecule has 15 heavy (non-hydrogen) atoms. The van der Waals surface area contributed by atoms with E-state index in [0.717, 1.165) is 17.1 Å². The van der Waals surface area contributed by atoms with Crippen LogP contribution in [0.2, 0.25) is 0 Å². The van der Waals surface area contributed by atoms with Crippen molar-refractivity contribution in [3.63, 3.8) is 0 Å². The van der Waals surface area contributed by atoms with E-state index >= 15 is 0 Å². The number of nitrogens with zero attached hydrogens (tertiary/aromatic N) is 3. The molecule has 0 spiro atoms. The molecule has 0 saturated carbocycles. The summed E-state index contributed by atoms with van der Waals surface area (Å²) < 4.78 is 37.3. The zero-order valence-electron chi connectivity index (χ0n) is 7.11. The smallest absolute Gasteiger partial charge is 0.358 e. The molecular formula is C6H5BrF3N3O2. The molecule has 9 heteroatoms. The van der Waals surface area contributed by atoms with Crippen molar-refractivity contribution < 1.29 is 18.1 Å². The van der Waals surface area contributed by atoms with Crippen molar-refractivity contribution in [1.82, 2.24) is 9.55 Å². The summed E-state index contributed by atoms with van der Waals surface area (Å²) in [5, 5.41) is 10.2. The molecule has 1 heterocycles. The third kappa shape index (κ3) is 3.18. The number of aromatic nitrogens is 2. The Labute approximate surface area is 90.2 Å². The Bertz CT molecular complexity index is 365. The highest BCUT2D eigenvalue weighted by atomic mass is 79.9. The fourth-order valence-corrected chi connectivity index (χ4v) is 1.17. The van der Waals surface area contributed by atoms with Crippen LogP contribution in [-0.2, 0) is 6.54 Å². The molecule has 1 aromatic heterocycles. The molecule has 1 unspecified atom stereocenters. The van der Waals surface area contributed by atoms with Gasteiger partial charge in [-0.3, -0.25) is 0 Å². The van der Waals surface area contributed by atoms with Crippen molar-refractivity contribution in [3.8, 4) is 0 Å². The van der Waals surface area contributed by atoms with Crippen LogP contribution >= 0.6 is 15.9 Å². The fourth-order valence-electron chi connectivity index (χ4n) is 0.831. The third-order valence-electron chi connectivity index (χ3n) is 1.53. The van der Waals surface area contributed by atoms with Gasteiger partial charge in [-0.1, -0.05) is 15.9 Å². The van der Waals surface area contributed by atoms with Gasteiger partial charge in [0.05, 0.1) is 0 Å². The van der Waals surface area contributed by atoms with Crippen molar-refractivity contribution in [2.24, 2.45) is 0 Å². The largest absolute Gasteiger partial charge is 0.402 e. The summed E-state index contributed by atoms with van der Waals surface area (Å²) in [6.45, 7) is -0.454. The lowest BCUT2D eigenvalue weighted by Crippen LogP contribution is -2.27. The van der Waals surface area contributed by atoms with Gasteiger partial charge in [0, 0.05) is 6.54 Å². The van der Waals surface area contributed by atoms with E-state index in [-0.39, 0.29) is 0 Å². The molecule has 0 fully saturated rings. The second kappa shape index (κ2) is 4.17. The summed E-state index contributed by atoms with van der Waals surface area (Å²) in [6.07, 6.45) is -2.46. The number of alkyl halides is 4. The summed E-state index contributed by atoms with van der Waals surface area (Å²) in [5.41, 5.74) is 0. The third-order valence-corrected chi connectivity index (χ3v) is 2.34. The van der Waals surface area contributed by atoms with Crippen molar-refractivity contribution in [3.05, 3.63) is 22.6 Å². The molecule has 1 aromatic rings. The van der Waals surface area contributed by atoms with Crippen molar-refractivity contribution >= 4 is 21.7 Å². The topological polar surface area (TPSA) is 61.0 Å². The number of halogens is 4. The molecule has 0 amide bonds. The summed E-state index contributed by atoms with van der Waals surface area (Å²) in [7, 11) is 0. The molecule has 0 aromatic carbocycles. The van der Waals surface area contributed by atoms with Crippen LogP contribution in [0, 0.1) is 10.1 Å².